The van der Waals surface area contributed by atoms with Crippen molar-refractivity contribution in [2.24, 2.45) is 0 Å². The molecule has 4 nitrogen and oxygen atoms in total. The second-order valence-corrected chi connectivity index (χ2v) is 9.86. The first kappa shape index (κ1) is 23.1. The highest BCUT2D eigenvalue weighted by atomic mass is 15.1. The highest BCUT2D eigenvalue weighted by Gasteiger charge is 2.20. The van der Waals surface area contributed by atoms with Crippen molar-refractivity contribution in [3.05, 3.63) is 132 Å². The van der Waals surface area contributed by atoms with E-state index in [1.165, 1.54) is 21.9 Å². The molecule has 5 aromatic carbocycles. The molecular formula is C35H26N4. The highest BCUT2D eigenvalue weighted by Crippen LogP contribution is 2.37. The van der Waals surface area contributed by atoms with E-state index in [4.69, 9.17) is 15.0 Å². The van der Waals surface area contributed by atoms with Crippen LogP contribution in [0.4, 0.5) is 0 Å². The zero-order chi connectivity index (χ0) is 26.3. The van der Waals surface area contributed by atoms with Crippen molar-refractivity contribution in [2.45, 2.75) is 13.8 Å². The van der Waals surface area contributed by atoms with Crippen LogP contribution in [0, 0.1) is 13.8 Å². The summed E-state index contributed by atoms with van der Waals surface area (Å²) in [6, 6.07) is 41.9. The first-order chi connectivity index (χ1) is 19.2. The molecule has 0 fully saturated rings. The maximum absolute atomic E-state index is 5.07. The summed E-state index contributed by atoms with van der Waals surface area (Å²) < 4.78 is 2.35. The standard InChI is InChI=1S/C35H26N4/c1-23-21-29(32(22-24(23)2)39-30-19-11-9-17-27(30)28-18-10-12-20-31(28)39)35-37-33(25-13-5-3-6-14-25)36-34(38-35)26-15-7-4-8-16-26/h3-22H,1-2H3. The van der Waals surface area contributed by atoms with Gasteiger partial charge in [-0.1, -0.05) is 97.1 Å². The van der Waals surface area contributed by atoms with Crippen LogP contribution in [-0.4, -0.2) is 19.5 Å². The van der Waals surface area contributed by atoms with Gasteiger partial charge >= 0.3 is 0 Å². The van der Waals surface area contributed by atoms with Gasteiger partial charge in [-0.05, 0) is 49.2 Å². The maximum atomic E-state index is 5.07. The van der Waals surface area contributed by atoms with Gasteiger partial charge < -0.3 is 4.57 Å². The Morgan fingerprint density at radius 3 is 1.44 bits per heavy atom. The Hall–Kier alpha value is -5.09. The number of hydrogen-bond acceptors (Lipinski definition) is 3. The van der Waals surface area contributed by atoms with Crippen LogP contribution in [0.25, 0.3) is 61.7 Å². The van der Waals surface area contributed by atoms with E-state index < -0.39 is 0 Å². The van der Waals surface area contributed by atoms with Crippen molar-refractivity contribution >= 4 is 21.8 Å². The summed E-state index contributed by atoms with van der Waals surface area (Å²) in [4.78, 5) is 15.0. The van der Waals surface area contributed by atoms with Crippen molar-refractivity contribution in [3.63, 3.8) is 0 Å². The van der Waals surface area contributed by atoms with Crippen LogP contribution in [-0.2, 0) is 0 Å². The Kier molecular flexibility index (Phi) is 5.52. The molecule has 39 heavy (non-hydrogen) atoms. The molecule has 0 saturated carbocycles. The second-order valence-electron chi connectivity index (χ2n) is 9.86. The predicted octanol–water partition coefficient (Wildman–Crippen LogP) is 8.59. The summed E-state index contributed by atoms with van der Waals surface area (Å²) in [5.41, 5.74) is 8.67. The number of aromatic nitrogens is 4. The molecule has 2 aromatic heterocycles. The predicted molar refractivity (Wildman–Crippen MR) is 160 cm³/mol. The average molecular weight is 503 g/mol. The Labute approximate surface area is 227 Å². The van der Waals surface area contributed by atoms with Crippen molar-refractivity contribution in [1.82, 2.24) is 19.5 Å². The van der Waals surface area contributed by atoms with Gasteiger partial charge in [0.2, 0.25) is 0 Å². The zero-order valence-corrected chi connectivity index (χ0v) is 21.8. The molecular weight excluding hydrogens is 476 g/mol. The summed E-state index contributed by atoms with van der Waals surface area (Å²) in [6.07, 6.45) is 0. The largest absolute Gasteiger partial charge is 0.308 e. The van der Waals surface area contributed by atoms with Gasteiger partial charge in [-0.3, -0.25) is 0 Å². The Morgan fingerprint density at radius 2 is 0.897 bits per heavy atom. The third-order valence-electron chi connectivity index (χ3n) is 7.37. The minimum absolute atomic E-state index is 0.655. The summed E-state index contributed by atoms with van der Waals surface area (Å²) in [5.74, 6) is 1.97. The SMILES string of the molecule is Cc1cc(-c2nc(-c3ccccc3)nc(-c3ccccc3)n2)c(-n2c3ccccc3c3ccccc32)cc1C. The third-order valence-corrected chi connectivity index (χ3v) is 7.37. The molecule has 7 rings (SSSR count). The average Bonchev–Trinajstić information content (AvgIpc) is 3.33. The van der Waals surface area contributed by atoms with Crippen LogP contribution in [0.3, 0.4) is 0 Å². The number of rotatable bonds is 4. The van der Waals surface area contributed by atoms with E-state index in [0.29, 0.717) is 17.5 Å². The highest BCUT2D eigenvalue weighted by molar-refractivity contribution is 6.09. The Bertz CT molecular complexity index is 1860. The fourth-order valence-electron chi connectivity index (χ4n) is 5.28. The van der Waals surface area contributed by atoms with E-state index in [9.17, 15) is 0 Å². The third kappa shape index (κ3) is 3.98. The van der Waals surface area contributed by atoms with E-state index in [0.717, 1.165) is 33.4 Å². The molecule has 7 aromatic rings. The van der Waals surface area contributed by atoms with Crippen LogP contribution in [0.1, 0.15) is 11.1 Å². The molecule has 0 amide bonds. The van der Waals surface area contributed by atoms with Gasteiger partial charge in [0, 0.05) is 27.5 Å². The number of para-hydroxylation sites is 2. The lowest BCUT2D eigenvalue weighted by Gasteiger charge is -2.17. The molecule has 2 heterocycles. The van der Waals surface area contributed by atoms with E-state index in [1.54, 1.807) is 0 Å². The number of aryl methyl sites for hydroxylation is 2. The van der Waals surface area contributed by atoms with Gasteiger partial charge in [0.05, 0.1) is 16.7 Å². The number of fused-ring (bicyclic) bond motifs is 3. The molecule has 0 unspecified atom stereocenters. The quantitative estimate of drug-likeness (QED) is 0.242. The molecule has 0 aliphatic rings. The molecule has 4 heteroatoms. The normalized spacial score (nSPS) is 11.3. The molecule has 0 aliphatic carbocycles. The smallest absolute Gasteiger partial charge is 0.166 e. The Balaban J connectivity index is 1.56. The van der Waals surface area contributed by atoms with Crippen LogP contribution < -0.4 is 0 Å². The van der Waals surface area contributed by atoms with E-state index in [-0.39, 0.29) is 0 Å². The van der Waals surface area contributed by atoms with Crippen LogP contribution in [0.5, 0.6) is 0 Å². The lowest BCUT2D eigenvalue weighted by molar-refractivity contribution is 1.06. The number of benzene rings is 5. The van der Waals surface area contributed by atoms with Gasteiger partial charge in [0.15, 0.2) is 17.5 Å². The van der Waals surface area contributed by atoms with Crippen molar-refractivity contribution in [3.8, 4) is 39.9 Å². The lowest BCUT2D eigenvalue weighted by Crippen LogP contribution is -2.04. The zero-order valence-electron chi connectivity index (χ0n) is 21.8. The summed E-state index contributed by atoms with van der Waals surface area (Å²) in [6.45, 7) is 4.31. The van der Waals surface area contributed by atoms with Gasteiger partial charge in [0.1, 0.15) is 0 Å². The number of nitrogens with zero attached hydrogens (tertiary/aromatic N) is 4. The molecule has 0 aliphatic heterocycles. The van der Waals surface area contributed by atoms with Gasteiger partial charge in [-0.2, -0.15) is 0 Å². The van der Waals surface area contributed by atoms with Crippen molar-refractivity contribution < 1.29 is 0 Å². The summed E-state index contributed by atoms with van der Waals surface area (Å²) >= 11 is 0. The first-order valence-corrected chi connectivity index (χ1v) is 13.1. The lowest BCUT2D eigenvalue weighted by atomic mass is 10.0. The second kappa shape index (κ2) is 9.34. The van der Waals surface area contributed by atoms with Gasteiger partial charge in [-0.15, -0.1) is 0 Å². The molecule has 0 atom stereocenters. The fraction of sp³-hybridized carbons (Fsp3) is 0.0571. The molecule has 0 N–H and O–H groups in total. The molecule has 0 radical (unpaired) electrons. The molecule has 0 bridgehead atoms. The maximum Gasteiger partial charge on any atom is 0.166 e. The van der Waals surface area contributed by atoms with Crippen molar-refractivity contribution in [1.29, 1.82) is 0 Å². The van der Waals surface area contributed by atoms with Crippen LogP contribution >= 0.6 is 0 Å². The van der Waals surface area contributed by atoms with E-state index >= 15 is 0 Å². The van der Waals surface area contributed by atoms with E-state index in [2.05, 4.69) is 79.1 Å². The van der Waals surface area contributed by atoms with E-state index in [1.807, 2.05) is 60.7 Å². The molecule has 0 spiro atoms. The minimum atomic E-state index is 0.655. The Morgan fingerprint density at radius 1 is 0.462 bits per heavy atom. The number of hydrogen-bond donors (Lipinski definition) is 0. The minimum Gasteiger partial charge on any atom is -0.308 e. The first-order valence-electron chi connectivity index (χ1n) is 13.1. The van der Waals surface area contributed by atoms with Gasteiger partial charge in [0.25, 0.3) is 0 Å². The monoisotopic (exact) mass is 502 g/mol. The summed E-state index contributed by atoms with van der Waals surface area (Å²) in [7, 11) is 0. The van der Waals surface area contributed by atoms with Gasteiger partial charge in [-0.25, -0.2) is 15.0 Å². The van der Waals surface area contributed by atoms with Crippen LogP contribution in [0.15, 0.2) is 121 Å². The molecule has 186 valence electrons. The van der Waals surface area contributed by atoms with Crippen LogP contribution in [0.2, 0.25) is 0 Å². The topological polar surface area (TPSA) is 43.6 Å². The fourth-order valence-corrected chi connectivity index (χ4v) is 5.28. The molecule has 0 saturated heterocycles. The van der Waals surface area contributed by atoms with Crippen molar-refractivity contribution in [2.75, 3.05) is 0 Å². The summed E-state index contributed by atoms with van der Waals surface area (Å²) in [5, 5.41) is 2.45.